The monoisotopic (exact) mass is 372 g/mol. The molecule has 1 aliphatic rings. The van der Waals surface area contributed by atoms with Gasteiger partial charge in [0.2, 0.25) is 10.0 Å². The van der Waals surface area contributed by atoms with E-state index in [0.717, 1.165) is 24.0 Å². The minimum absolute atomic E-state index is 0.000528. The summed E-state index contributed by atoms with van der Waals surface area (Å²) >= 11 is 10.5. The third-order valence-corrected chi connectivity index (χ3v) is 7.25. The Morgan fingerprint density at radius 2 is 1.94 bits per heavy atom. The second-order valence-corrected chi connectivity index (χ2v) is 9.17. The van der Waals surface area contributed by atoms with E-state index in [1.807, 2.05) is 12.1 Å². The Morgan fingerprint density at radius 1 is 1.28 bits per heavy atom. The molecule has 18 heavy (non-hydrogen) atoms. The average molecular weight is 374 g/mol. The van der Waals surface area contributed by atoms with Gasteiger partial charge in [0.1, 0.15) is 4.66 Å². The lowest BCUT2D eigenvalue weighted by molar-refractivity contribution is 0.183. The fraction of sp³-hybridized carbons (Fsp3) is 0.600. The molecule has 1 aromatic heterocycles. The Bertz CT molecular complexity index is 498. The van der Waals surface area contributed by atoms with Crippen molar-refractivity contribution in [1.29, 1.82) is 0 Å². The van der Waals surface area contributed by atoms with Gasteiger partial charge in [-0.15, -0.1) is 11.3 Å². The van der Waals surface area contributed by atoms with Crippen LogP contribution in [-0.4, -0.2) is 48.5 Å². The van der Waals surface area contributed by atoms with Crippen LogP contribution < -0.4 is 0 Å². The lowest BCUT2D eigenvalue weighted by Gasteiger charge is -2.33. The van der Waals surface area contributed by atoms with Crippen molar-refractivity contribution < 1.29 is 8.42 Å². The minimum atomic E-state index is -3.11. The van der Waals surface area contributed by atoms with Gasteiger partial charge in [0.25, 0.3) is 0 Å². The molecule has 1 fully saturated rings. The first kappa shape index (κ1) is 14.7. The van der Waals surface area contributed by atoms with Gasteiger partial charge in [-0.05, 0) is 12.1 Å². The molecule has 102 valence electrons. The maximum atomic E-state index is 11.7. The number of alkyl halides is 1. The zero-order valence-electron chi connectivity index (χ0n) is 9.68. The summed E-state index contributed by atoms with van der Waals surface area (Å²) in [6, 6.07) is 3.92. The molecule has 0 radical (unpaired) electrons. The highest BCUT2D eigenvalue weighted by Gasteiger charge is 2.25. The molecule has 2 heterocycles. The second-order valence-electron chi connectivity index (χ2n) is 4.10. The molecular weight excluding hydrogens is 360 g/mol. The van der Waals surface area contributed by atoms with Crippen LogP contribution in [0, 0.1) is 0 Å². The number of hydrogen-bond acceptors (Lipinski definition) is 4. The average Bonchev–Trinajstić information content (AvgIpc) is 2.75. The SMILES string of the molecule is O=S(=O)(CBr)N1CCN(Cc2ccc(Cl)s2)CC1. The van der Waals surface area contributed by atoms with E-state index in [2.05, 4.69) is 20.8 Å². The number of thiophene rings is 1. The molecule has 0 amide bonds. The first-order chi connectivity index (χ1) is 8.51. The van der Waals surface area contributed by atoms with E-state index in [4.69, 9.17) is 11.6 Å². The summed E-state index contributed by atoms with van der Waals surface area (Å²) in [6.45, 7) is 3.50. The Morgan fingerprint density at radius 3 is 2.44 bits per heavy atom. The van der Waals surface area contributed by atoms with Gasteiger partial charge in [0.05, 0.1) is 4.34 Å². The molecule has 0 saturated carbocycles. The van der Waals surface area contributed by atoms with Crippen molar-refractivity contribution in [3.63, 3.8) is 0 Å². The third kappa shape index (κ3) is 3.68. The predicted molar refractivity (Wildman–Crippen MR) is 78.9 cm³/mol. The van der Waals surface area contributed by atoms with Crippen LogP contribution in [0.25, 0.3) is 0 Å². The predicted octanol–water partition coefficient (Wildman–Crippen LogP) is 2.20. The second kappa shape index (κ2) is 6.19. The fourth-order valence-corrected chi connectivity index (χ4v) is 4.75. The number of nitrogens with zero attached hydrogens (tertiary/aromatic N) is 2. The highest BCUT2D eigenvalue weighted by atomic mass is 79.9. The first-order valence-corrected chi connectivity index (χ1v) is 9.44. The molecule has 1 aromatic rings. The zero-order valence-corrected chi connectivity index (χ0v) is 13.7. The Hall–Kier alpha value is 0.340. The standard InChI is InChI=1S/C10H14BrClN2O2S2/c11-8-18(15,16)14-5-3-13(4-6-14)7-9-1-2-10(12)17-9/h1-2H,3-8H2. The van der Waals surface area contributed by atoms with Crippen molar-refractivity contribution in [2.45, 2.75) is 6.54 Å². The maximum Gasteiger partial charge on any atom is 0.224 e. The summed E-state index contributed by atoms with van der Waals surface area (Å²) in [5.74, 6) is 0. The number of piperazine rings is 1. The van der Waals surface area contributed by atoms with Crippen molar-refractivity contribution in [3.8, 4) is 0 Å². The number of hydrogen-bond donors (Lipinski definition) is 0. The van der Waals surface area contributed by atoms with Gasteiger partial charge in [-0.25, -0.2) is 8.42 Å². The van der Waals surface area contributed by atoms with Crippen LogP contribution in [0.3, 0.4) is 0 Å². The zero-order chi connectivity index (χ0) is 13.2. The number of rotatable bonds is 4. The molecule has 0 aromatic carbocycles. The summed E-state index contributed by atoms with van der Waals surface area (Å²) in [5, 5.41) is 0. The highest BCUT2D eigenvalue weighted by Crippen LogP contribution is 2.23. The van der Waals surface area contributed by atoms with E-state index in [9.17, 15) is 8.42 Å². The van der Waals surface area contributed by atoms with Gasteiger partial charge in [0, 0.05) is 37.6 Å². The van der Waals surface area contributed by atoms with Crippen molar-refractivity contribution >= 4 is 48.9 Å². The molecule has 0 N–H and O–H groups in total. The normalized spacial score (nSPS) is 19.2. The van der Waals surface area contributed by atoms with Crippen LogP contribution in [0.15, 0.2) is 12.1 Å². The highest BCUT2D eigenvalue weighted by molar-refractivity contribution is 9.10. The van der Waals surface area contributed by atoms with E-state index < -0.39 is 10.0 Å². The van der Waals surface area contributed by atoms with Gasteiger partial charge in [-0.3, -0.25) is 4.90 Å². The molecular formula is C10H14BrClN2O2S2. The molecule has 0 aliphatic carbocycles. The van der Waals surface area contributed by atoms with Gasteiger partial charge in [-0.2, -0.15) is 4.31 Å². The molecule has 0 unspecified atom stereocenters. The van der Waals surface area contributed by atoms with Crippen molar-refractivity contribution in [1.82, 2.24) is 9.21 Å². The Balaban J connectivity index is 1.87. The maximum absolute atomic E-state index is 11.7. The van der Waals surface area contributed by atoms with E-state index in [1.165, 1.54) is 4.88 Å². The topological polar surface area (TPSA) is 40.6 Å². The van der Waals surface area contributed by atoms with Gasteiger partial charge >= 0.3 is 0 Å². The summed E-state index contributed by atoms with van der Waals surface area (Å²) in [6.07, 6.45) is 0. The van der Waals surface area contributed by atoms with E-state index in [1.54, 1.807) is 15.6 Å². The Labute approximate surface area is 125 Å². The van der Waals surface area contributed by atoms with Crippen LogP contribution in [0.1, 0.15) is 4.88 Å². The van der Waals surface area contributed by atoms with Crippen molar-refractivity contribution in [2.75, 3.05) is 30.8 Å². The summed E-state index contributed by atoms with van der Waals surface area (Å²) in [4.78, 5) is 3.47. The van der Waals surface area contributed by atoms with Gasteiger partial charge in [-0.1, -0.05) is 27.5 Å². The summed E-state index contributed by atoms with van der Waals surface area (Å²) < 4.78 is 25.7. The van der Waals surface area contributed by atoms with Crippen LogP contribution in [-0.2, 0) is 16.6 Å². The van der Waals surface area contributed by atoms with E-state index in [-0.39, 0.29) is 4.66 Å². The lowest BCUT2D eigenvalue weighted by Crippen LogP contribution is -2.48. The van der Waals surface area contributed by atoms with Gasteiger partial charge in [0.15, 0.2) is 0 Å². The summed E-state index contributed by atoms with van der Waals surface area (Å²) in [5.41, 5.74) is 0. The molecule has 0 spiro atoms. The number of halogens is 2. The smallest absolute Gasteiger partial charge is 0.224 e. The lowest BCUT2D eigenvalue weighted by atomic mass is 10.3. The quantitative estimate of drug-likeness (QED) is 0.760. The Kier molecular flexibility index (Phi) is 5.07. The van der Waals surface area contributed by atoms with Crippen LogP contribution >= 0.6 is 38.9 Å². The van der Waals surface area contributed by atoms with Gasteiger partial charge < -0.3 is 0 Å². The summed E-state index contributed by atoms with van der Waals surface area (Å²) in [7, 11) is -3.11. The molecule has 4 nitrogen and oxygen atoms in total. The first-order valence-electron chi connectivity index (χ1n) is 5.51. The van der Waals surface area contributed by atoms with Crippen LogP contribution in [0.4, 0.5) is 0 Å². The number of sulfonamides is 1. The fourth-order valence-electron chi connectivity index (χ4n) is 1.89. The molecule has 1 aliphatic heterocycles. The third-order valence-electron chi connectivity index (χ3n) is 2.87. The minimum Gasteiger partial charge on any atom is -0.296 e. The van der Waals surface area contributed by atoms with E-state index >= 15 is 0 Å². The molecule has 0 bridgehead atoms. The van der Waals surface area contributed by atoms with Crippen LogP contribution in [0.5, 0.6) is 0 Å². The largest absolute Gasteiger partial charge is 0.296 e. The molecule has 0 atom stereocenters. The molecule has 8 heteroatoms. The van der Waals surface area contributed by atoms with Crippen molar-refractivity contribution in [3.05, 3.63) is 21.3 Å². The molecule has 1 saturated heterocycles. The molecule has 2 rings (SSSR count). The van der Waals surface area contributed by atoms with E-state index in [0.29, 0.717) is 13.1 Å². The van der Waals surface area contributed by atoms with Crippen LogP contribution in [0.2, 0.25) is 4.34 Å². The van der Waals surface area contributed by atoms with Crippen molar-refractivity contribution in [2.24, 2.45) is 0 Å².